The predicted molar refractivity (Wildman–Crippen MR) is 122 cm³/mol. The number of hydrogen-bond donors (Lipinski definition) is 1. The van der Waals surface area contributed by atoms with Crippen molar-refractivity contribution in [3.05, 3.63) is 35.9 Å². The molecule has 0 unspecified atom stereocenters. The van der Waals surface area contributed by atoms with Crippen molar-refractivity contribution in [1.29, 1.82) is 0 Å². The molecule has 1 aromatic rings. The van der Waals surface area contributed by atoms with E-state index in [1.165, 1.54) is 4.90 Å². The molecule has 33 heavy (non-hydrogen) atoms. The van der Waals surface area contributed by atoms with Gasteiger partial charge in [-0.1, -0.05) is 30.3 Å². The van der Waals surface area contributed by atoms with Crippen molar-refractivity contribution in [3.63, 3.8) is 0 Å². The Balaban J connectivity index is 1.62. The van der Waals surface area contributed by atoms with E-state index < -0.39 is 23.6 Å². The second-order valence-corrected chi connectivity index (χ2v) is 9.88. The molecule has 0 bridgehead atoms. The van der Waals surface area contributed by atoms with Crippen LogP contribution in [0.5, 0.6) is 0 Å². The summed E-state index contributed by atoms with van der Waals surface area (Å²) in [6.45, 7) is 9.76. The van der Waals surface area contributed by atoms with Crippen molar-refractivity contribution in [1.82, 2.24) is 14.7 Å². The van der Waals surface area contributed by atoms with Crippen molar-refractivity contribution in [2.24, 2.45) is 5.92 Å². The molecule has 2 fully saturated rings. The highest BCUT2D eigenvalue weighted by molar-refractivity contribution is 5.73. The normalized spacial score (nSPS) is 24.3. The Labute approximate surface area is 195 Å². The lowest BCUT2D eigenvalue weighted by Gasteiger charge is -2.47. The standard InChI is InChI=1S/C24H35N3O6/c1-17-13-25(23(31)33-24(2,3)4)10-11-27(17)20-12-19(21(28)29)14-26(15-20)22(30)32-16-18-8-6-5-7-9-18/h5-9,17,19-20H,10-16H2,1-4H3,(H,28,29)/t17-,19-,20-/m0/s1. The SMILES string of the molecule is C[C@H]1CN(C(=O)OC(C)(C)C)CCN1[C@H]1C[C@H](C(=O)O)CN(C(=O)OCc2ccccc2)C1. The van der Waals surface area contributed by atoms with Gasteiger partial charge in [0.05, 0.1) is 5.92 Å². The summed E-state index contributed by atoms with van der Waals surface area (Å²) < 4.78 is 10.9. The van der Waals surface area contributed by atoms with Crippen LogP contribution < -0.4 is 0 Å². The van der Waals surface area contributed by atoms with Crippen molar-refractivity contribution in [3.8, 4) is 0 Å². The zero-order chi connectivity index (χ0) is 24.2. The van der Waals surface area contributed by atoms with Gasteiger partial charge in [-0.3, -0.25) is 9.69 Å². The number of hydrogen-bond acceptors (Lipinski definition) is 6. The first-order valence-corrected chi connectivity index (χ1v) is 11.5. The summed E-state index contributed by atoms with van der Waals surface area (Å²) in [5.41, 5.74) is 0.317. The number of carbonyl (C=O) groups is 3. The molecule has 2 heterocycles. The molecular formula is C24H35N3O6. The number of piperazine rings is 1. The molecule has 2 saturated heterocycles. The second kappa shape index (κ2) is 10.4. The van der Waals surface area contributed by atoms with Gasteiger partial charge in [0.2, 0.25) is 0 Å². The molecule has 1 aromatic carbocycles. The van der Waals surface area contributed by atoms with Crippen LogP contribution in [0.25, 0.3) is 0 Å². The van der Waals surface area contributed by atoms with Crippen LogP contribution in [0.15, 0.2) is 30.3 Å². The zero-order valence-corrected chi connectivity index (χ0v) is 19.9. The predicted octanol–water partition coefficient (Wildman–Crippen LogP) is 3.04. The minimum absolute atomic E-state index is 0.00556. The Morgan fingerprint density at radius 3 is 2.30 bits per heavy atom. The average Bonchev–Trinajstić information content (AvgIpc) is 2.76. The van der Waals surface area contributed by atoms with Gasteiger partial charge in [0, 0.05) is 44.8 Å². The fourth-order valence-corrected chi connectivity index (χ4v) is 4.46. The van der Waals surface area contributed by atoms with Crippen molar-refractivity contribution < 1.29 is 29.0 Å². The van der Waals surface area contributed by atoms with Crippen LogP contribution in [0.4, 0.5) is 9.59 Å². The largest absolute Gasteiger partial charge is 0.481 e. The Morgan fingerprint density at radius 1 is 1.00 bits per heavy atom. The van der Waals surface area contributed by atoms with E-state index in [1.54, 1.807) is 4.90 Å². The lowest BCUT2D eigenvalue weighted by molar-refractivity contribution is -0.144. The Morgan fingerprint density at radius 2 is 1.70 bits per heavy atom. The van der Waals surface area contributed by atoms with Gasteiger partial charge in [0.15, 0.2) is 0 Å². The molecule has 1 N–H and O–H groups in total. The van der Waals surface area contributed by atoms with E-state index in [-0.39, 0.29) is 31.3 Å². The summed E-state index contributed by atoms with van der Waals surface area (Å²) in [7, 11) is 0. The van der Waals surface area contributed by atoms with Crippen LogP contribution in [0.1, 0.15) is 39.7 Å². The highest BCUT2D eigenvalue weighted by atomic mass is 16.6. The number of aliphatic carboxylic acids is 1. The highest BCUT2D eigenvalue weighted by Crippen LogP contribution is 2.26. The third-order valence-corrected chi connectivity index (χ3v) is 6.04. The number of rotatable bonds is 4. The third-order valence-electron chi connectivity index (χ3n) is 6.04. The number of carboxylic acids is 1. The maximum atomic E-state index is 12.7. The lowest BCUT2D eigenvalue weighted by Crippen LogP contribution is -2.62. The Hall–Kier alpha value is -2.81. The molecule has 9 heteroatoms. The average molecular weight is 462 g/mol. The summed E-state index contributed by atoms with van der Waals surface area (Å²) >= 11 is 0. The second-order valence-electron chi connectivity index (χ2n) is 9.88. The van der Waals surface area contributed by atoms with E-state index in [2.05, 4.69) is 4.90 Å². The van der Waals surface area contributed by atoms with Crippen LogP contribution >= 0.6 is 0 Å². The monoisotopic (exact) mass is 461 g/mol. The van der Waals surface area contributed by atoms with E-state index in [4.69, 9.17) is 9.47 Å². The molecule has 0 aromatic heterocycles. The molecule has 0 spiro atoms. The molecule has 0 radical (unpaired) electrons. The molecule has 0 aliphatic carbocycles. The summed E-state index contributed by atoms with van der Waals surface area (Å²) in [6.07, 6.45) is -0.392. The number of carboxylic acid groups (broad SMARTS) is 1. The van der Waals surface area contributed by atoms with Crippen molar-refractivity contribution >= 4 is 18.2 Å². The van der Waals surface area contributed by atoms with Crippen LogP contribution in [0.3, 0.4) is 0 Å². The van der Waals surface area contributed by atoms with E-state index in [0.29, 0.717) is 32.6 Å². The van der Waals surface area contributed by atoms with Crippen LogP contribution in [-0.4, -0.2) is 88.4 Å². The quantitative estimate of drug-likeness (QED) is 0.736. The van der Waals surface area contributed by atoms with E-state index in [9.17, 15) is 19.5 Å². The number of likely N-dealkylation sites (tertiary alicyclic amines) is 1. The van der Waals surface area contributed by atoms with E-state index in [1.807, 2.05) is 58.0 Å². The number of benzene rings is 1. The molecule has 2 aliphatic rings. The van der Waals surface area contributed by atoms with Gasteiger partial charge < -0.3 is 24.4 Å². The van der Waals surface area contributed by atoms with E-state index >= 15 is 0 Å². The van der Waals surface area contributed by atoms with Crippen LogP contribution in [0.2, 0.25) is 0 Å². The summed E-state index contributed by atoms with van der Waals surface area (Å²) in [5, 5.41) is 9.68. The van der Waals surface area contributed by atoms with Crippen molar-refractivity contribution in [2.75, 3.05) is 32.7 Å². The Bertz CT molecular complexity index is 840. The number of amides is 2. The molecule has 2 aliphatic heterocycles. The third kappa shape index (κ3) is 6.83. The van der Waals surface area contributed by atoms with Gasteiger partial charge >= 0.3 is 18.2 Å². The Kier molecular flexibility index (Phi) is 7.84. The molecule has 0 saturated carbocycles. The molecule has 2 amide bonds. The van der Waals surface area contributed by atoms with E-state index in [0.717, 1.165) is 5.56 Å². The van der Waals surface area contributed by atoms with Gasteiger partial charge in [0.25, 0.3) is 0 Å². The zero-order valence-electron chi connectivity index (χ0n) is 19.9. The molecule has 9 nitrogen and oxygen atoms in total. The summed E-state index contributed by atoms with van der Waals surface area (Å²) in [4.78, 5) is 42.4. The lowest BCUT2D eigenvalue weighted by atomic mass is 9.92. The van der Waals surface area contributed by atoms with Gasteiger partial charge in [-0.15, -0.1) is 0 Å². The first kappa shape index (κ1) is 24.8. The summed E-state index contributed by atoms with van der Waals surface area (Å²) in [5.74, 6) is -1.58. The fourth-order valence-electron chi connectivity index (χ4n) is 4.46. The van der Waals surface area contributed by atoms with Gasteiger partial charge in [-0.2, -0.15) is 0 Å². The van der Waals surface area contributed by atoms with Crippen molar-refractivity contribution in [2.45, 2.75) is 58.4 Å². The molecule has 3 rings (SSSR count). The maximum absolute atomic E-state index is 12.7. The molecule has 3 atom stereocenters. The summed E-state index contributed by atoms with van der Waals surface area (Å²) in [6, 6.07) is 9.27. The maximum Gasteiger partial charge on any atom is 0.410 e. The molecule has 182 valence electrons. The number of nitrogens with zero attached hydrogens (tertiary/aromatic N) is 3. The number of ether oxygens (including phenoxy) is 2. The molecular weight excluding hydrogens is 426 g/mol. The van der Waals surface area contributed by atoms with Crippen LogP contribution in [0, 0.1) is 5.92 Å². The first-order chi connectivity index (χ1) is 15.5. The first-order valence-electron chi connectivity index (χ1n) is 11.5. The highest BCUT2D eigenvalue weighted by Gasteiger charge is 2.40. The minimum Gasteiger partial charge on any atom is -0.481 e. The fraction of sp³-hybridized carbons (Fsp3) is 0.625. The van der Waals surface area contributed by atoms with Gasteiger partial charge in [-0.25, -0.2) is 9.59 Å². The number of carbonyl (C=O) groups excluding carboxylic acids is 2. The topological polar surface area (TPSA) is 99.6 Å². The van der Waals surface area contributed by atoms with Gasteiger partial charge in [-0.05, 0) is 39.7 Å². The van der Waals surface area contributed by atoms with Gasteiger partial charge in [0.1, 0.15) is 12.2 Å². The smallest absolute Gasteiger partial charge is 0.410 e. The van der Waals surface area contributed by atoms with Crippen LogP contribution in [-0.2, 0) is 20.9 Å². The minimum atomic E-state index is -0.916. The number of piperidine rings is 1.